The molecule has 2 aromatic rings. The second kappa shape index (κ2) is 9.27. The molecule has 4 nitrogen and oxygen atoms in total. The van der Waals surface area contributed by atoms with Crippen LogP contribution in [0.4, 0.5) is 0 Å². The average molecular weight is 429 g/mol. The summed E-state index contributed by atoms with van der Waals surface area (Å²) in [7, 11) is 0. The van der Waals surface area contributed by atoms with Gasteiger partial charge in [-0.1, -0.05) is 29.0 Å². The van der Waals surface area contributed by atoms with Crippen LogP contribution in [-0.4, -0.2) is 35.6 Å². The first-order valence-corrected chi connectivity index (χ1v) is 10.2. The third-order valence-corrected chi connectivity index (χ3v) is 4.18. The molecule has 1 aromatic carbocycles. The maximum absolute atomic E-state index is 11.2. The summed E-state index contributed by atoms with van der Waals surface area (Å²) in [5.41, 5.74) is 0.244. The van der Waals surface area contributed by atoms with Crippen molar-refractivity contribution < 1.29 is 9.15 Å². The number of rotatable bonds is 4. The Morgan fingerprint density at radius 2 is 2.04 bits per heavy atom. The zero-order valence-electron chi connectivity index (χ0n) is 13.8. The highest BCUT2D eigenvalue weighted by Crippen LogP contribution is 2.20. The van der Waals surface area contributed by atoms with Gasteiger partial charge in [0.2, 0.25) is 0 Å². The number of fused-ring (bicyclic) bond motifs is 1. The molecule has 1 atom stereocenters. The Bertz CT molecular complexity index is 671. The van der Waals surface area contributed by atoms with Gasteiger partial charge < -0.3 is 9.15 Å². The largest absolute Gasteiger partial charge is 0.492 e. The monoisotopic (exact) mass is 429 g/mol. The number of hydrogen-bond donors (Lipinski definition) is 0. The number of halogens is 1. The van der Waals surface area contributed by atoms with Gasteiger partial charge in [0.05, 0.1) is 0 Å². The first kappa shape index (κ1) is 18.3. The van der Waals surface area contributed by atoms with Crippen molar-refractivity contribution in [2.45, 2.75) is 32.2 Å². The van der Waals surface area contributed by atoms with Crippen molar-refractivity contribution in [1.29, 1.82) is 0 Å². The topological polar surface area (TPSA) is 42.7 Å². The van der Waals surface area contributed by atoms with Gasteiger partial charge in [-0.15, -0.1) is 0 Å². The molecule has 0 spiro atoms. The van der Waals surface area contributed by atoms with Crippen molar-refractivity contribution in [1.82, 2.24) is 4.90 Å². The molecule has 3 rings (SSSR count). The summed E-state index contributed by atoms with van der Waals surface area (Å²) >= 11 is 2.15. The van der Waals surface area contributed by atoms with E-state index < -0.39 is 0 Å². The van der Waals surface area contributed by atoms with E-state index in [4.69, 9.17) is 9.15 Å². The summed E-state index contributed by atoms with van der Waals surface area (Å²) in [5, 5.41) is 0.909. The van der Waals surface area contributed by atoms with Crippen molar-refractivity contribution >= 4 is 33.6 Å². The van der Waals surface area contributed by atoms with E-state index in [1.807, 2.05) is 17.1 Å². The van der Waals surface area contributed by atoms with E-state index in [0.717, 1.165) is 24.2 Å². The first-order valence-electron chi connectivity index (χ1n) is 8.01. The van der Waals surface area contributed by atoms with Crippen LogP contribution >= 0.6 is 22.6 Å². The fraction of sp³-hybridized carbons (Fsp3) is 0.500. The summed E-state index contributed by atoms with van der Waals surface area (Å²) in [4.78, 5) is 15.7. The van der Waals surface area contributed by atoms with Gasteiger partial charge in [-0.2, -0.15) is 0 Å². The van der Waals surface area contributed by atoms with Crippen LogP contribution in [0.25, 0.3) is 11.0 Å². The van der Waals surface area contributed by atoms with Crippen LogP contribution in [0.3, 0.4) is 0 Å². The lowest BCUT2D eigenvalue weighted by atomic mass is 10.0. The Balaban J connectivity index is 0.000000924. The van der Waals surface area contributed by atoms with E-state index in [-0.39, 0.29) is 5.63 Å². The van der Waals surface area contributed by atoms with Crippen LogP contribution in [0.5, 0.6) is 5.75 Å². The molecule has 1 aliphatic heterocycles. The molecular weight excluding hydrogens is 405 g/mol. The zero-order valence-corrected chi connectivity index (χ0v) is 15.9. The number of likely N-dealkylation sites (tertiary alicyclic amines) is 1. The smallest absolute Gasteiger partial charge is 0.336 e. The zero-order chi connectivity index (χ0) is 16.7. The molecule has 0 radical (unpaired) electrons. The average Bonchev–Trinajstić information content (AvgIpc) is 2.58. The third kappa shape index (κ3) is 5.21. The summed E-state index contributed by atoms with van der Waals surface area (Å²) in [6, 6.07) is 9.47. The molecule has 1 fully saturated rings. The lowest BCUT2D eigenvalue weighted by Crippen LogP contribution is -2.39. The van der Waals surface area contributed by atoms with Crippen molar-refractivity contribution in [3.63, 3.8) is 0 Å². The quantitative estimate of drug-likeness (QED) is 0.417. The summed E-state index contributed by atoms with van der Waals surface area (Å²) in [6.45, 7) is 5.05. The van der Waals surface area contributed by atoms with Crippen LogP contribution in [0, 0.1) is 0 Å². The third-order valence-electron chi connectivity index (χ3n) is 4.18. The first-order chi connectivity index (χ1) is 11.2. The second-order valence-corrected chi connectivity index (χ2v) is 5.68. The molecule has 0 aliphatic carbocycles. The maximum atomic E-state index is 11.2. The summed E-state index contributed by atoms with van der Waals surface area (Å²) in [6.07, 6.45) is 3.90. The SMILES string of the molecule is CC1CCCCN1CCOc1ccc2ccc(=O)oc2c1.CI. The van der Waals surface area contributed by atoms with Gasteiger partial charge in [-0.25, -0.2) is 4.79 Å². The number of benzene rings is 1. The van der Waals surface area contributed by atoms with Gasteiger partial charge >= 0.3 is 5.63 Å². The Labute approximate surface area is 150 Å². The Morgan fingerprint density at radius 3 is 2.83 bits per heavy atom. The minimum Gasteiger partial charge on any atom is -0.492 e. The Hall–Kier alpha value is -1.08. The van der Waals surface area contributed by atoms with Gasteiger partial charge in [0, 0.05) is 30.1 Å². The Kier molecular flexibility index (Phi) is 7.36. The molecule has 2 heterocycles. The number of piperidine rings is 1. The fourth-order valence-corrected chi connectivity index (χ4v) is 2.90. The van der Waals surface area contributed by atoms with Crippen LogP contribution in [0.1, 0.15) is 26.2 Å². The molecular formula is C18H24INO3. The lowest BCUT2D eigenvalue weighted by Gasteiger charge is -2.33. The molecule has 126 valence electrons. The van der Waals surface area contributed by atoms with Crippen molar-refractivity contribution in [2.75, 3.05) is 24.6 Å². The van der Waals surface area contributed by atoms with E-state index in [1.54, 1.807) is 12.1 Å². The molecule has 0 amide bonds. The van der Waals surface area contributed by atoms with Crippen LogP contribution < -0.4 is 10.4 Å². The maximum Gasteiger partial charge on any atom is 0.336 e. The van der Waals surface area contributed by atoms with Gasteiger partial charge in [-0.3, -0.25) is 4.90 Å². The minimum atomic E-state index is -0.332. The number of nitrogens with zero attached hydrogens (tertiary/aromatic N) is 1. The normalized spacial score (nSPS) is 18.3. The summed E-state index contributed by atoms with van der Waals surface area (Å²) < 4.78 is 11.0. The number of hydrogen-bond acceptors (Lipinski definition) is 4. The second-order valence-electron chi connectivity index (χ2n) is 5.68. The van der Waals surface area contributed by atoms with Gasteiger partial charge in [0.25, 0.3) is 0 Å². The lowest BCUT2D eigenvalue weighted by molar-refractivity contribution is 0.133. The van der Waals surface area contributed by atoms with Gasteiger partial charge in [0.1, 0.15) is 17.9 Å². The fourth-order valence-electron chi connectivity index (χ4n) is 2.90. The molecule has 1 aromatic heterocycles. The van der Waals surface area contributed by atoms with Crippen LogP contribution in [0.15, 0.2) is 39.5 Å². The van der Waals surface area contributed by atoms with Gasteiger partial charge in [-0.05, 0) is 49.4 Å². The van der Waals surface area contributed by atoms with E-state index in [0.29, 0.717) is 18.2 Å². The highest BCUT2D eigenvalue weighted by atomic mass is 127. The van der Waals surface area contributed by atoms with E-state index in [9.17, 15) is 4.79 Å². The van der Waals surface area contributed by atoms with Crippen molar-refractivity contribution in [3.8, 4) is 5.75 Å². The molecule has 1 aliphatic rings. The standard InChI is InChI=1S/C17H21NO3.CH3I/c1-13-4-2-3-9-18(13)10-11-20-15-7-5-14-6-8-17(19)21-16(14)12-15;1-2/h5-8,12-13H,2-4,9-11H2,1H3;1H3. The summed E-state index contributed by atoms with van der Waals surface area (Å²) in [5.74, 6) is 0.751. The van der Waals surface area contributed by atoms with E-state index in [2.05, 4.69) is 34.4 Å². The molecule has 1 unspecified atom stereocenters. The molecule has 0 saturated carbocycles. The molecule has 23 heavy (non-hydrogen) atoms. The van der Waals surface area contributed by atoms with E-state index in [1.165, 1.54) is 25.3 Å². The predicted molar refractivity (Wildman–Crippen MR) is 103 cm³/mol. The minimum absolute atomic E-state index is 0.332. The van der Waals surface area contributed by atoms with E-state index >= 15 is 0 Å². The molecule has 5 heteroatoms. The van der Waals surface area contributed by atoms with Gasteiger partial charge in [0.15, 0.2) is 0 Å². The Morgan fingerprint density at radius 1 is 1.26 bits per heavy atom. The predicted octanol–water partition coefficient (Wildman–Crippen LogP) is 4.10. The highest BCUT2D eigenvalue weighted by molar-refractivity contribution is 14.1. The van der Waals surface area contributed by atoms with Crippen molar-refractivity contribution in [3.05, 3.63) is 40.8 Å². The van der Waals surface area contributed by atoms with Crippen molar-refractivity contribution in [2.24, 2.45) is 0 Å². The number of ether oxygens (including phenoxy) is 1. The van der Waals surface area contributed by atoms with Crippen LogP contribution in [0.2, 0.25) is 0 Å². The molecule has 0 bridgehead atoms. The molecule has 1 saturated heterocycles. The molecule has 0 N–H and O–H groups in total. The van der Waals surface area contributed by atoms with Crippen LogP contribution in [-0.2, 0) is 0 Å². The highest BCUT2D eigenvalue weighted by Gasteiger charge is 2.17. The number of alkyl halides is 1.